The molecule has 2 aliphatic carbocycles. The van der Waals surface area contributed by atoms with Gasteiger partial charge >= 0.3 is 0 Å². The van der Waals surface area contributed by atoms with E-state index in [0.29, 0.717) is 36.4 Å². The fourth-order valence-corrected chi connectivity index (χ4v) is 5.50. The van der Waals surface area contributed by atoms with Gasteiger partial charge in [0.25, 0.3) is 5.91 Å². The number of aromatic nitrogens is 2. The molecule has 0 radical (unpaired) electrons. The highest BCUT2D eigenvalue weighted by atomic mass is 16.2. The fraction of sp³-hybridized carbons (Fsp3) is 0.542. The van der Waals surface area contributed by atoms with Gasteiger partial charge < -0.3 is 10.2 Å². The van der Waals surface area contributed by atoms with E-state index in [0.717, 1.165) is 38.8 Å². The number of benzene rings is 1. The second-order valence-corrected chi connectivity index (χ2v) is 9.05. The first-order valence-corrected chi connectivity index (χ1v) is 11.4. The third-order valence-corrected chi connectivity index (χ3v) is 7.13. The van der Waals surface area contributed by atoms with Crippen LogP contribution < -0.4 is 5.32 Å². The van der Waals surface area contributed by atoms with Crippen LogP contribution in [0.25, 0.3) is 0 Å². The summed E-state index contributed by atoms with van der Waals surface area (Å²) in [5.41, 5.74) is 3.18. The van der Waals surface area contributed by atoms with Gasteiger partial charge in [0.2, 0.25) is 5.91 Å². The molecular formula is C24H30N4O2. The molecular weight excluding hydrogens is 376 g/mol. The molecule has 1 aliphatic heterocycles. The molecule has 0 spiro atoms. The van der Waals surface area contributed by atoms with Crippen LogP contribution in [0.4, 0.5) is 0 Å². The van der Waals surface area contributed by atoms with Crippen LogP contribution in [0.5, 0.6) is 0 Å². The van der Waals surface area contributed by atoms with Crippen LogP contribution in [0, 0.1) is 11.8 Å². The SMILES string of the molecule is O=C(NCCn1cc2c(n1)[C@H]1CN(C(=O)C3CCCC3)C[C@H]1CC2)c1ccccc1. The quantitative estimate of drug-likeness (QED) is 0.830. The first-order valence-electron chi connectivity index (χ1n) is 11.4. The van der Waals surface area contributed by atoms with Crippen LogP contribution in [-0.4, -0.2) is 46.1 Å². The number of rotatable bonds is 5. The molecule has 1 N–H and O–H groups in total. The van der Waals surface area contributed by atoms with Crippen molar-refractivity contribution in [3.63, 3.8) is 0 Å². The number of amides is 2. The molecule has 5 rings (SSSR count). The highest BCUT2D eigenvalue weighted by Gasteiger charge is 2.42. The maximum Gasteiger partial charge on any atom is 0.251 e. The van der Waals surface area contributed by atoms with Crippen LogP contribution in [-0.2, 0) is 17.8 Å². The summed E-state index contributed by atoms with van der Waals surface area (Å²) < 4.78 is 1.97. The number of aryl methyl sites for hydroxylation is 1. The molecule has 2 heterocycles. The van der Waals surface area contributed by atoms with Crippen LogP contribution >= 0.6 is 0 Å². The number of hydrogen-bond donors (Lipinski definition) is 1. The molecule has 0 bridgehead atoms. The molecule has 1 saturated carbocycles. The fourth-order valence-electron chi connectivity index (χ4n) is 5.50. The zero-order valence-electron chi connectivity index (χ0n) is 17.4. The number of carbonyl (C=O) groups excluding carboxylic acids is 2. The van der Waals surface area contributed by atoms with E-state index in [1.807, 2.05) is 35.0 Å². The predicted molar refractivity (Wildman–Crippen MR) is 114 cm³/mol. The van der Waals surface area contributed by atoms with E-state index in [9.17, 15) is 9.59 Å². The normalized spacial score (nSPS) is 23.3. The Labute approximate surface area is 177 Å². The first kappa shape index (κ1) is 19.3. The topological polar surface area (TPSA) is 67.2 Å². The van der Waals surface area contributed by atoms with Crippen molar-refractivity contribution in [1.82, 2.24) is 20.0 Å². The number of nitrogens with one attached hydrogen (secondary N) is 1. The Morgan fingerprint density at radius 1 is 1.07 bits per heavy atom. The molecule has 158 valence electrons. The van der Waals surface area contributed by atoms with Crippen molar-refractivity contribution in [1.29, 1.82) is 0 Å². The summed E-state index contributed by atoms with van der Waals surface area (Å²) in [5.74, 6) is 1.51. The standard InChI is InChI=1S/C24H30N4O2/c29-23(17-6-2-1-3-7-17)25-12-13-28-15-20-11-10-19-14-27(16-21(19)22(20)26-28)24(30)18-8-4-5-9-18/h1-3,6-7,15,18-19,21H,4-5,8-14,16H2,(H,25,29)/t19-,21+/m1/s1. The molecule has 2 aromatic rings. The van der Waals surface area contributed by atoms with Crippen molar-refractivity contribution in [2.45, 2.75) is 51.0 Å². The van der Waals surface area contributed by atoms with Crippen molar-refractivity contribution in [2.24, 2.45) is 11.8 Å². The Morgan fingerprint density at radius 2 is 1.87 bits per heavy atom. The summed E-state index contributed by atoms with van der Waals surface area (Å²) >= 11 is 0. The Hall–Kier alpha value is -2.63. The van der Waals surface area contributed by atoms with E-state index in [2.05, 4.69) is 16.4 Å². The second-order valence-electron chi connectivity index (χ2n) is 9.05. The highest BCUT2D eigenvalue weighted by molar-refractivity contribution is 5.94. The van der Waals surface area contributed by atoms with Gasteiger partial charge in [-0.25, -0.2) is 0 Å². The lowest BCUT2D eigenvalue weighted by atomic mass is 9.81. The van der Waals surface area contributed by atoms with Gasteiger partial charge in [-0.3, -0.25) is 14.3 Å². The molecule has 6 nitrogen and oxygen atoms in total. The van der Waals surface area contributed by atoms with E-state index < -0.39 is 0 Å². The van der Waals surface area contributed by atoms with Gasteiger partial charge in [-0.05, 0) is 49.3 Å². The average Bonchev–Trinajstić information content (AvgIpc) is 3.52. The number of fused-ring (bicyclic) bond motifs is 3. The van der Waals surface area contributed by atoms with Crippen LogP contribution in [0.2, 0.25) is 0 Å². The van der Waals surface area contributed by atoms with Crippen molar-refractivity contribution >= 4 is 11.8 Å². The van der Waals surface area contributed by atoms with Crippen LogP contribution in [0.1, 0.15) is 59.6 Å². The van der Waals surface area contributed by atoms with E-state index in [4.69, 9.17) is 5.10 Å². The molecule has 1 saturated heterocycles. The first-order chi connectivity index (χ1) is 14.7. The van der Waals surface area contributed by atoms with E-state index >= 15 is 0 Å². The molecule has 30 heavy (non-hydrogen) atoms. The largest absolute Gasteiger partial charge is 0.350 e. The van der Waals surface area contributed by atoms with Crippen molar-refractivity contribution < 1.29 is 9.59 Å². The summed E-state index contributed by atoms with van der Waals surface area (Å²) in [4.78, 5) is 27.2. The molecule has 1 aromatic carbocycles. The summed E-state index contributed by atoms with van der Waals surface area (Å²) in [6.45, 7) is 2.94. The average molecular weight is 407 g/mol. The second kappa shape index (κ2) is 8.25. The summed E-state index contributed by atoms with van der Waals surface area (Å²) in [5, 5.41) is 7.86. The lowest BCUT2D eigenvalue weighted by Crippen LogP contribution is -2.33. The number of carbonyl (C=O) groups is 2. The zero-order chi connectivity index (χ0) is 20.5. The zero-order valence-corrected chi connectivity index (χ0v) is 17.4. The Morgan fingerprint density at radius 3 is 2.67 bits per heavy atom. The summed E-state index contributed by atoms with van der Waals surface area (Å²) in [7, 11) is 0. The lowest BCUT2D eigenvalue weighted by molar-refractivity contribution is -0.134. The predicted octanol–water partition coefficient (Wildman–Crippen LogP) is 2.99. The minimum Gasteiger partial charge on any atom is -0.350 e. The number of nitrogens with zero attached hydrogens (tertiary/aromatic N) is 3. The Bertz CT molecular complexity index is 917. The number of hydrogen-bond acceptors (Lipinski definition) is 3. The lowest BCUT2D eigenvalue weighted by Gasteiger charge is -2.22. The third-order valence-electron chi connectivity index (χ3n) is 7.13. The van der Waals surface area contributed by atoms with Gasteiger partial charge in [-0.15, -0.1) is 0 Å². The van der Waals surface area contributed by atoms with Gasteiger partial charge in [0, 0.05) is 43.2 Å². The van der Waals surface area contributed by atoms with Gasteiger partial charge in [0.1, 0.15) is 0 Å². The van der Waals surface area contributed by atoms with Crippen molar-refractivity contribution in [2.75, 3.05) is 19.6 Å². The minimum atomic E-state index is -0.0514. The maximum atomic E-state index is 12.9. The smallest absolute Gasteiger partial charge is 0.251 e. The molecule has 2 fully saturated rings. The Kier molecular flexibility index (Phi) is 5.32. The summed E-state index contributed by atoms with van der Waals surface area (Å²) in [6.07, 6.45) is 8.86. The molecule has 1 aromatic heterocycles. The molecule has 3 aliphatic rings. The van der Waals surface area contributed by atoms with E-state index in [-0.39, 0.29) is 11.8 Å². The van der Waals surface area contributed by atoms with Crippen molar-refractivity contribution in [3.8, 4) is 0 Å². The van der Waals surface area contributed by atoms with Gasteiger partial charge in [0.15, 0.2) is 0 Å². The molecule has 2 amide bonds. The minimum absolute atomic E-state index is 0.0514. The van der Waals surface area contributed by atoms with Crippen LogP contribution in [0.3, 0.4) is 0 Å². The Balaban J connectivity index is 1.20. The maximum absolute atomic E-state index is 12.9. The highest BCUT2D eigenvalue weighted by Crippen LogP contribution is 2.41. The van der Waals surface area contributed by atoms with E-state index in [1.165, 1.54) is 24.1 Å². The van der Waals surface area contributed by atoms with Gasteiger partial charge in [-0.2, -0.15) is 5.10 Å². The molecule has 6 heteroatoms. The van der Waals surface area contributed by atoms with Gasteiger partial charge in [-0.1, -0.05) is 31.0 Å². The summed E-state index contributed by atoms with van der Waals surface area (Å²) in [6, 6.07) is 9.29. The van der Waals surface area contributed by atoms with Crippen LogP contribution in [0.15, 0.2) is 36.5 Å². The number of likely N-dealkylation sites (tertiary alicyclic amines) is 1. The van der Waals surface area contributed by atoms with E-state index in [1.54, 1.807) is 0 Å². The third kappa shape index (κ3) is 3.75. The molecule has 0 unspecified atom stereocenters. The monoisotopic (exact) mass is 406 g/mol. The molecule has 2 atom stereocenters. The van der Waals surface area contributed by atoms with Gasteiger partial charge in [0.05, 0.1) is 12.2 Å². The van der Waals surface area contributed by atoms with Crippen molar-refractivity contribution in [3.05, 3.63) is 53.3 Å².